The third-order valence-corrected chi connectivity index (χ3v) is 4.19. The van der Waals surface area contributed by atoms with Crippen LogP contribution in [0.25, 0.3) is 5.78 Å². The molecule has 0 atom stereocenters. The minimum atomic E-state index is -3.73. The van der Waals surface area contributed by atoms with Gasteiger partial charge in [0.05, 0.1) is 13.2 Å². The number of hydrogen-bond donors (Lipinski definition) is 0. The highest BCUT2D eigenvalue weighted by atomic mass is 31.2. The van der Waals surface area contributed by atoms with E-state index in [2.05, 4.69) is 9.97 Å². The van der Waals surface area contributed by atoms with Crippen molar-refractivity contribution in [2.45, 2.75) is 13.8 Å². The maximum absolute atomic E-state index is 14.1. The molecule has 0 fully saturated rings. The molecular formula is C10H13FN3O3P. The smallest absolute Gasteiger partial charge is 0.304 e. The zero-order valence-corrected chi connectivity index (χ0v) is 10.9. The fourth-order valence-electron chi connectivity index (χ4n) is 1.52. The molecule has 0 aliphatic heterocycles. The highest BCUT2D eigenvalue weighted by Crippen LogP contribution is 2.46. The fourth-order valence-corrected chi connectivity index (χ4v) is 3.07. The van der Waals surface area contributed by atoms with Crippen molar-refractivity contribution in [3.05, 3.63) is 24.4 Å². The Bertz CT molecular complexity index is 591. The molecule has 98 valence electrons. The molecular weight excluding hydrogens is 260 g/mol. The Morgan fingerprint density at radius 2 is 2.06 bits per heavy atom. The maximum Gasteiger partial charge on any atom is 0.384 e. The van der Waals surface area contributed by atoms with Gasteiger partial charge in [0.2, 0.25) is 17.2 Å². The van der Waals surface area contributed by atoms with Crippen LogP contribution in [-0.4, -0.2) is 27.6 Å². The van der Waals surface area contributed by atoms with Crippen molar-refractivity contribution in [1.29, 1.82) is 0 Å². The molecule has 0 aliphatic rings. The lowest BCUT2D eigenvalue weighted by Crippen LogP contribution is -2.15. The minimum Gasteiger partial charge on any atom is -0.304 e. The molecule has 2 aromatic heterocycles. The average molecular weight is 273 g/mol. The number of hydrogen-bond acceptors (Lipinski definition) is 5. The van der Waals surface area contributed by atoms with Gasteiger partial charge in [-0.2, -0.15) is 9.37 Å². The molecule has 0 aromatic carbocycles. The first-order valence-corrected chi connectivity index (χ1v) is 7.05. The van der Waals surface area contributed by atoms with E-state index in [9.17, 15) is 8.96 Å². The van der Waals surface area contributed by atoms with Gasteiger partial charge < -0.3 is 9.05 Å². The molecule has 2 aromatic rings. The van der Waals surface area contributed by atoms with Crippen LogP contribution in [0.5, 0.6) is 0 Å². The van der Waals surface area contributed by atoms with E-state index in [4.69, 9.17) is 9.05 Å². The molecule has 0 spiro atoms. The minimum absolute atomic E-state index is 0.115. The molecule has 0 amide bonds. The van der Waals surface area contributed by atoms with Crippen LogP contribution in [0.4, 0.5) is 4.39 Å². The lowest BCUT2D eigenvalue weighted by atomic mass is 10.7. The van der Waals surface area contributed by atoms with E-state index in [1.165, 1.54) is 12.4 Å². The molecule has 2 heterocycles. The van der Waals surface area contributed by atoms with Crippen molar-refractivity contribution in [3.8, 4) is 0 Å². The van der Waals surface area contributed by atoms with Crippen LogP contribution < -0.4 is 5.44 Å². The van der Waals surface area contributed by atoms with Gasteiger partial charge in [0, 0.05) is 12.4 Å². The first kappa shape index (κ1) is 13.1. The van der Waals surface area contributed by atoms with Crippen LogP contribution in [0.15, 0.2) is 18.5 Å². The van der Waals surface area contributed by atoms with E-state index < -0.39 is 13.5 Å². The van der Waals surface area contributed by atoms with E-state index >= 15 is 0 Å². The summed E-state index contributed by atoms with van der Waals surface area (Å²) in [6, 6.07) is 1.55. The molecule has 0 bridgehead atoms. The molecule has 0 unspecified atom stereocenters. The molecule has 0 saturated heterocycles. The van der Waals surface area contributed by atoms with Gasteiger partial charge in [-0.05, 0) is 19.9 Å². The predicted molar refractivity (Wildman–Crippen MR) is 63.4 cm³/mol. The van der Waals surface area contributed by atoms with Gasteiger partial charge in [0.1, 0.15) is 0 Å². The Morgan fingerprint density at radius 3 is 2.61 bits per heavy atom. The zero-order valence-electron chi connectivity index (χ0n) is 10.0. The Hall–Kier alpha value is -1.30. The van der Waals surface area contributed by atoms with Crippen LogP contribution in [0.1, 0.15) is 13.8 Å². The molecule has 0 aliphatic carbocycles. The first-order valence-electron chi connectivity index (χ1n) is 5.50. The highest BCUT2D eigenvalue weighted by Gasteiger charge is 2.35. The van der Waals surface area contributed by atoms with E-state index in [1.807, 2.05) is 0 Å². The molecule has 0 radical (unpaired) electrons. The Kier molecular flexibility index (Phi) is 3.75. The topological polar surface area (TPSA) is 65.7 Å². The zero-order chi connectivity index (χ0) is 13.2. The Labute approximate surface area is 103 Å². The van der Waals surface area contributed by atoms with Crippen molar-refractivity contribution in [3.63, 3.8) is 0 Å². The molecule has 18 heavy (non-hydrogen) atoms. The highest BCUT2D eigenvalue weighted by molar-refractivity contribution is 7.61. The number of nitrogens with zero attached hydrogens (tertiary/aromatic N) is 3. The van der Waals surface area contributed by atoms with Gasteiger partial charge in [-0.15, -0.1) is 0 Å². The lowest BCUT2D eigenvalue weighted by Gasteiger charge is -2.14. The number of aromatic nitrogens is 3. The van der Waals surface area contributed by atoms with Crippen molar-refractivity contribution in [2.24, 2.45) is 0 Å². The Balaban J connectivity index is 2.57. The third kappa shape index (κ3) is 2.16. The van der Waals surface area contributed by atoms with Crippen molar-refractivity contribution in [1.82, 2.24) is 14.4 Å². The monoisotopic (exact) mass is 273 g/mol. The number of imidazole rings is 1. The van der Waals surface area contributed by atoms with Gasteiger partial charge in [-0.3, -0.25) is 8.97 Å². The third-order valence-electron chi connectivity index (χ3n) is 2.19. The average Bonchev–Trinajstić information content (AvgIpc) is 2.69. The van der Waals surface area contributed by atoms with Crippen LogP contribution in [0, 0.1) is 5.95 Å². The van der Waals surface area contributed by atoms with Gasteiger partial charge in [-0.25, -0.2) is 4.98 Å². The van der Waals surface area contributed by atoms with Gasteiger partial charge in [-0.1, -0.05) is 0 Å². The second-order valence-corrected chi connectivity index (χ2v) is 5.28. The number of fused-ring (bicyclic) bond motifs is 1. The molecule has 0 saturated carbocycles. The summed E-state index contributed by atoms with van der Waals surface area (Å²) in [5.41, 5.74) is -0.329. The Morgan fingerprint density at radius 1 is 1.39 bits per heavy atom. The summed E-state index contributed by atoms with van der Waals surface area (Å²) in [7, 11) is -3.73. The summed E-state index contributed by atoms with van der Waals surface area (Å²) in [6.45, 7) is 3.57. The van der Waals surface area contributed by atoms with Crippen LogP contribution in [0.2, 0.25) is 0 Å². The van der Waals surface area contributed by atoms with Gasteiger partial charge in [0.15, 0.2) is 0 Å². The predicted octanol–water partition coefficient (Wildman–Crippen LogP) is 1.76. The summed E-state index contributed by atoms with van der Waals surface area (Å²) in [5, 5.41) is 0. The molecule has 0 N–H and O–H groups in total. The van der Waals surface area contributed by atoms with E-state index in [0.717, 1.165) is 4.40 Å². The van der Waals surface area contributed by atoms with Crippen LogP contribution >= 0.6 is 7.60 Å². The van der Waals surface area contributed by atoms with E-state index in [0.29, 0.717) is 0 Å². The largest absolute Gasteiger partial charge is 0.384 e. The summed E-state index contributed by atoms with van der Waals surface area (Å²) in [5.74, 6) is -0.659. The number of rotatable bonds is 5. The van der Waals surface area contributed by atoms with Crippen molar-refractivity contribution < 1.29 is 18.0 Å². The van der Waals surface area contributed by atoms with E-state index in [-0.39, 0.29) is 24.4 Å². The normalized spacial score (nSPS) is 12.2. The quantitative estimate of drug-likeness (QED) is 0.776. The summed E-state index contributed by atoms with van der Waals surface area (Å²) < 4.78 is 37.7. The second kappa shape index (κ2) is 5.14. The fraction of sp³-hybridized carbons (Fsp3) is 0.400. The summed E-state index contributed by atoms with van der Waals surface area (Å²) in [6.07, 6.45) is 2.91. The summed E-state index contributed by atoms with van der Waals surface area (Å²) >= 11 is 0. The maximum atomic E-state index is 14.1. The first-order chi connectivity index (χ1) is 8.62. The van der Waals surface area contributed by atoms with Crippen LogP contribution in [0.3, 0.4) is 0 Å². The lowest BCUT2D eigenvalue weighted by molar-refractivity contribution is 0.228. The summed E-state index contributed by atoms with van der Waals surface area (Å²) in [4.78, 5) is 7.76. The van der Waals surface area contributed by atoms with Gasteiger partial charge >= 0.3 is 7.60 Å². The van der Waals surface area contributed by atoms with Crippen molar-refractivity contribution in [2.75, 3.05) is 13.2 Å². The second-order valence-electron chi connectivity index (χ2n) is 3.35. The number of halogens is 1. The van der Waals surface area contributed by atoms with Crippen molar-refractivity contribution >= 4 is 18.8 Å². The SMILES string of the molecule is CCOP(=O)(OCC)c1nc2ncccn2c1F. The van der Waals surface area contributed by atoms with Gasteiger partial charge in [0.25, 0.3) is 0 Å². The molecule has 6 nitrogen and oxygen atoms in total. The molecule has 2 rings (SSSR count). The molecule has 8 heteroatoms. The van der Waals surface area contributed by atoms with E-state index in [1.54, 1.807) is 19.9 Å². The van der Waals surface area contributed by atoms with Crippen LogP contribution in [-0.2, 0) is 13.6 Å². The standard InChI is InChI=1S/C10H13FN3O3P/c1-3-16-18(15,17-4-2)9-8(11)14-7-5-6-12-10(14)13-9/h5-7H,3-4H2,1-2H3.